The molecule has 0 aromatic rings. The van der Waals surface area contributed by atoms with Crippen LogP contribution in [0.2, 0.25) is 0 Å². The smallest absolute Gasteiger partial charge is 0.154 e. The van der Waals surface area contributed by atoms with Gasteiger partial charge in [0.2, 0.25) is 0 Å². The summed E-state index contributed by atoms with van der Waals surface area (Å²) in [5.74, 6) is 2.81. The number of ether oxygens (including phenoxy) is 2. The Morgan fingerprint density at radius 1 is 1.06 bits per heavy atom. The normalized spacial score (nSPS) is 27.4. The molecule has 2 heteroatoms. The molecule has 1 unspecified atom stereocenters. The molecule has 1 aliphatic carbocycles. The van der Waals surface area contributed by atoms with Crippen LogP contribution in [-0.4, -0.2) is 20.0 Å². The molecular formula is C15H30O2. The molecule has 0 aromatic carbocycles. The van der Waals surface area contributed by atoms with Crippen molar-refractivity contribution in [3.8, 4) is 0 Å². The van der Waals surface area contributed by atoms with Crippen molar-refractivity contribution in [1.29, 1.82) is 0 Å². The van der Waals surface area contributed by atoms with Crippen LogP contribution in [0.15, 0.2) is 0 Å². The molecule has 0 spiro atoms. The van der Waals surface area contributed by atoms with Crippen molar-refractivity contribution in [2.45, 2.75) is 65.6 Å². The molecule has 0 radical (unpaired) electrons. The third-order valence-electron chi connectivity index (χ3n) is 4.28. The minimum atomic E-state index is -0.0494. The van der Waals surface area contributed by atoms with Gasteiger partial charge in [-0.05, 0) is 50.4 Å². The fourth-order valence-corrected chi connectivity index (χ4v) is 2.83. The molecule has 102 valence electrons. The predicted molar refractivity (Wildman–Crippen MR) is 71.9 cm³/mol. The number of rotatable bonds is 7. The first-order chi connectivity index (χ1) is 8.13. The Morgan fingerprint density at radius 2 is 1.71 bits per heavy atom. The molecular weight excluding hydrogens is 212 g/mol. The van der Waals surface area contributed by atoms with Gasteiger partial charge in [0.05, 0.1) is 0 Å². The second-order valence-electron chi connectivity index (χ2n) is 5.84. The Labute approximate surface area is 107 Å². The minimum Gasteiger partial charge on any atom is -0.356 e. The maximum atomic E-state index is 5.52. The second-order valence-corrected chi connectivity index (χ2v) is 5.84. The van der Waals surface area contributed by atoms with Crippen LogP contribution in [-0.2, 0) is 9.47 Å². The van der Waals surface area contributed by atoms with Gasteiger partial charge >= 0.3 is 0 Å². The van der Waals surface area contributed by atoms with E-state index in [0.717, 1.165) is 24.4 Å². The van der Waals surface area contributed by atoms with Gasteiger partial charge < -0.3 is 9.47 Å². The van der Waals surface area contributed by atoms with Crippen LogP contribution in [0.4, 0.5) is 0 Å². The van der Waals surface area contributed by atoms with Gasteiger partial charge in [-0.1, -0.05) is 26.7 Å². The molecule has 0 aromatic heterocycles. The second kappa shape index (κ2) is 8.10. The van der Waals surface area contributed by atoms with E-state index in [4.69, 9.17) is 9.47 Å². The maximum Gasteiger partial charge on any atom is 0.154 e. The lowest BCUT2D eigenvalue weighted by atomic mass is 9.76. The van der Waals surface area contributed by atoms with Crippen molar-refractivity contribution in [1.82, 2.24) is 0 Å². The first-order valence-corrected chi connectivity index (χ1v) is 7.27. The van der Waals surface area contributed by atoms with Crippen molar-refractivity contribution in [2.24, 2.45) is 17.8 Å². The zero-order valence-electron chi connectivity index (χ0n) is 12.1. The third-order valence-corrected chi connectivity index (χ3v) is 4.28. The molecule has 17 heavy (non-hydrogen) atoms. The number of methoxy groups -OCH3 is 1. The van der Waals surface area contributed by atoms with Crippen LogP contribution in [0.3, 0.4) is 0 Å². The minimum absolute atomic E-state index is 0.0494. The quantitative estimate of drug-likeness (QED) is 0.491. The first-order valence-electron chi connectivity index (χ1n) is 7.27. The SMILES string of the molecule is COC(C)OCCCC1CCC(C(C)C)CC1. The van der Waals surface area contributed by atoms with Crippen LogP contribution in [0.5, 0.6) is 0 Å². The Kier molecular flexibility index (Phi) is 7.14. The van der Waals surface area contributed by atoms with Crippen molar-refractivity contribution in [2.75, 3.05) is 13.7 Å². The highest BCUT2D eigenvalue weighted by atomic mass is 16.7. The van der Waals surface area contributed by atoms with Crippen molar-refractivity contribution in [3.63, 3.8) is 0 Å². The summed E-state index contributed by atoms with van der Waals surface area (Å²) in [5, 5.41) is 0. The van der Waals surface area contributed by atoms with E-state index in [0.29, 0.717) is 0 Å². The monoisotopic (exact) mass is 242 g/mol. The molecule has 2 nitrogen and oxygen atoms in total. The van der Waals surface area contributed by atoms with E-state index in [9.17, 15) is 0 Å². The van der Waals surface area contributed by atoms with Gasteiger partial charge in [-0.25, -0.2) is 0 Å². The van der Waals surface area contributed by atoms with Gasteiger partial charge in [0.1, 0.15) is 0 Å². The van der Waals surface area contributed by atoms with E-state index < -0.39 is 0 Å². The molecule has 0 amide bonds. The summed E-state index contributed by atoms with van der Waals surface area (Å²) in [6.45, 7) is 7.53. The zero-order chi connectivity index (χ0) is 12.7. The van der Waals surface area contributed by atoms with E-state index in [1.165, 1.54) is 38.5 Å². The van der Waals surface area contributed by atoms with Gasteiger partial charge in [-0.15, -0.1) is 0 Å². The van der Waals surface area contributed by atoms with Crippen LogP contribution in [0.1, 0.15) is 59.3 Å². The van der Waals surface area contributed by atoms with Crippen molar-refractivity contribution >= 4 is 0 Å². The number of hydrogen-bond acceptors (Lipinski definition) is 2. The Hall–Kier alpha value is -0.0800. The van der Waals surface area contributed by atoms with Gasteiger partial charge in [-0.3, -0.25) is 0 Å². The summed E-state index contributed by atoms with van der Waals surface area (Å²) < 4.78 is 10.6. The molecule has 0 bridgehead atoms. The molecule has 1 aliphatic rings. The molecule has 1 atom stereocenters. The average molecular weight is 242 g/mol. The molecule has 1 saturated carbocycles. The summed E-state index contributed by atoms with van der Waals surface area (Å²) in [5.41, 5.74) is 0. The summed E-state index contributed by atoms with van der Waals surface area (Å²) in [4.78, 5) is 0. The van der Waals surface area contributed by atoms with E-state index in [2.05, 4.69) is 13.8 Å². The van der Waals surface area contributed by atoms with E-state index >= 15 is 0 Å². The lowest BCUT2D eigenvalue weighted by Crippen LogP contribution is -2.19. The summed E-state index contributed by atoms with van der Waals surface area (Å²) >= 11 is 0. The van der Waals surface area contributed by atoms with Crippen LogP contribution in [0.25, 0.3) is 0 Å². The van der Waals surface area contributed by atoms with E-state index in [1.807, 2.05) is 6.92 Å². The molecule has 0 saturated heterocycles. The fraction of sp³-hybridized carbons (Fsp3) is 1.00. The summed E-state index contributed by atoms with van der Waals surface area (Å²) in [6.07, 6.45) is 8.22. The highest BCUT2D eigenvalue weighted by Crippen LogP contribution is 2.35. The van der Waals surface area contributed by atoms with Crippen molar-refractivity contribution < 1.29 is 9.47 Å². The lowest BCUT2D eigenvalue weighted by molar-refractivity contribution is -0.112. The van der Waals surface area contributed by atoms with Crippen LogP contribution >= 0.6 is 0 Å². The maximum absolute atomic E-state index is 5.52. The standard InChI is InChI=1S/C15H30O2/c1-12(2)15-9-7-14(8-10-15)6-5-11-17-13(3)16-4/h12-15H,5-11H2,1-4H3. The average Bonchev–Trinajstić information content (AvgIpc) is 2.34. The van der Waals surface area contributed by atoms with Crippen LogP contribution < -0.4 is 0 Å². The molecule has 1 fully saturated rings. The summed E-state index contributed by atoms with van der Waals surface area (Å²) in [6, 6.07) is 0. The van der Waals surface area contributed by atoms with Gasteiger partial charge in [0.25, 0.3) is 0 Å². The van der Waals surface area contributed by atoms with Crippen molar-refractivity contribution in [3.05, 3.63) is 0 Å². The largest absolute Gasteiger partial charge is 0.356 e. The highest BCUT2D eigenvalue weighted by Gasteiger charge is 2.22. The first kappa shape index (κ1) is 15.0. The highest BCUT2D eigenvalue weighted by molar-refractivity contribution is 4.74. The molecule has 0 heterocycles. The fourth-order valence-electron chi connectivity index (χ4n) is 2.83. The van der Waals surface area contributed by atoms with Gasteiger partial charge in [0.15, 0.2) is 6.29 Å². The topological polar surface area (TPSA) is 18.5 Å². The Bertz CT molecular complexity index is 183. The van der Waals surface area contributed by atoms with E-state index in [-0.39, 0.29) is 6.29 Å². The Morgan fingerprint density at radius 3 is 2.24 bits per heavy atom. The number of hydrogen-bond donors (Lipinski definition) is 0. The third kappa shape index (κ3) is 5.87. The molecule has 0 aliphatic heterocycles. The lowest BCUT2D eigenvalue weighted by Gasteiger charge is -2.30. The molecule has 0 N–H and O–H groups in total. The van der Waals surface area contributed by atoms with Crippen LogP contribution in [0, 0.1) is 17.8 Å². The Balaban J connectivity index is 2.02. The predicted octanol–water partition coefficient (Wildman–Crippen LogP) is 4.24. The van der Waals surface area contributed by atoms with Gasteiger partial charge in [-0.2, -0.15) is 0 Å². The van der Waals surface area contributed by atoms with Gasteiger partial charge in [0, 0.05) is 13.7 Å². The molecule has 1 rings (SSSR count). The zero-order valence-corrected chi connectivity index (χ0v) is 12.1. The summed E-state index contributed by atoms with van der Waals surface area (Å²) in [7, 11) is 1.69. The van der Waals surface area contributed by atoms with E-state index in [1.54, 1.807) is 7.11 Å².